The molecule has 0 bridgehead atoms. The molecule has 1 heterocycles. The van der Waals surface area contributed by atoms with E-state index in [2.05, 4.69) is 19.3 Å². The Kier molecular flexibility index (Phi) is 4.63. The number of thiophene rings is 1. The van der Waals surface area contributed by atoms with Gasteiger partial charge in [0.25, 0.3) is 5.91 Å². The number of thioether (sulfide) groups is 1. The van der Waals surface area contributed by atoms with E-state index < -0.39 is 0 Å². The number of rotatable bonds is 4. The molecule has 0 aromatic carbocycles. The second-order valence-corrected chi connectivity index (χ2v) is 6.35. The van der Waals surface area contributed by atoms with Crippen LogP contribution in [-0.4, -0.2) is 11.2 Å². The van der Waals surface area contributed by atoms with Gasteiger partial charge in [-0.1, -0.05) is 13.8 Å². The Morgan fingerprint density at radius 1 is 1.67 bits per heavy atom. The molecule has 0 fully saturated rings. The molecule has 1 amide bonds. The molecule has 0 radical (unpaired) electrons. The molecule has 1 aromatic rings. The van der Waals surface area contributed by atoms with Crippen LogP contribution in [0.2, 0.25) is 0 Å². The zero-order chi connectivity index (χ0) is 11.4. The van der Waals surface area contributed by atoms with E-state index in [1.165, 1.54) is 21.8 Å². The van der Waals surface area contributed by atoms with E-state index in [0.717, 1.165) is 5.75 Å². The quantitative estimate of drug-likeness (QED) is 0.485. The van der Waals surface area contributed by atoms with E-state index in [1.807, 2.05) is 24.8 Å². The Bertz CT molecular complexity index is 347. The minimum absolute atomic E-state index is 0.205. The van der Waals surface area contributed by atoms with Crippen molar-refractivity contribution in [1.82, 2.24) is 5.43 Å². The van der Waals surface area contributed by atoms with Crippen molar-refractivity contribution in [3.05, 3.63) is 21.4 Å². The molecule has 3 N–H and O–H groups in total. The number of nitrogen functional groups attached to an aromatic ring is 1. The van der Waals surface area contributed by atoms with E-state index in [1.54, 1.807) is 0 Å². The van der Waals surface area contributed by atoms with Crippen LogP contribution >= 0.6 is 23.1 Å². The van der Waals surface area contributed by atoms with Gasteiger partial charge in [-0.05, 0) is 23.8 Å². The van der Waals surface area contributed by atoms with Crippen molar-refractivity contribution in [2.24, 2.45) is 5.84 Å². The number of hydrazine groups is 1. The third kappa shape index (κ3) is 3.52. The first-order valence-electron chi connectivity index (χ1n) is 4.76. The maximum absolute atomic E-state index is 11.3. The van der Waals surface area contributed by atoms with E-state index >= 15 is 0 Å². The molecular weight excluding hydrogens is 228 g/mol. The summed E-state index contributed by atoms with van der Waals surface area (Å²) in [5.74, 6) is 5.84. The summed E-state index contributed by atoms with van der Waals surface area (Å²) in [4.78, 5) is 13.2. The number of aryl methyl sites for hydroxylation is 1. The molecule has 0 saturated heterocycles. The molecule has 0 unspecified atom stereocenters. The van der Waals surface area contributed by atoms with Crippen LogP contribution in [0.4, 0.5) is 0 Å². The number of carbonyl (C=O) groups excluding carboxylic acids is 1. The summed E-state index contributed by atoms with van der Waals surface area (Å²) in [5.41, 5.74) is 3.38. The van der Waals surface area contributed by atoms with Gasteiger partial charge in [0.1, 0.15) is 0 Å². The fourth-order valence-corrected chi connectivity index (χ4v) is 2.95. The van der Waals surface area contributed by atoms with Gasteiger partial charge in [0, 0.05) is 10.6 Å². The van der Waals surface area contributed by atoms with Crippen LogP contribution in [0.1, 0.15) is 34.0 Å². The molecule has 15 heavy (non-hydrogen) atoms. The zero-order valence-electron chi connectivity index (χ0n) is 9.16. The SMILES string of the molecule is Cc1sc(C(=O)NN)cc1CSC(C)C. The Morgan fingerprint density at radius 3 is 2.87 bits per heavy atom. The highest BCUT2D eigenvalue weighted by molar-refractivity contribution is 7.99. The first kappa shape index (κ1) is 12.5. The molecule has 0 atom stereocenters. The number of hydrogen-bond donors (Lipinski definition) is 2. The van der Waals surface area contributed by atoms with Crippen LogP contribution in [0, 0.1) is 6.92 Å². The van der Waals surface area contributed by atoms with Gasteiger partial charge in [-0.3, -0.25) is 10.2 Å². The van der Waals surface area contributed by atoms with Gasteiger partial charge in [-0.15, -0.1) is 11.3 Å². The minimum atomic E-state index is -0.205. The lowest BCUT2D eigenvalue weighted by Gasteiger charge is -2.03. The average molecular weight is 244 g/mol. The van der Waals surface area contributed by atoms with Crippen molar-refractivity contribution in [2.45, 2.75) is 31.8 Å². The summed E-state index contributed by atoms with van der Waals surface area (Å²) in [5, 5.41) is 0.607. The van der Waals surface area contributed by atoms with E-state index in [-0.39, 0.29) is 5.91 Å². The summed E-state index contributed by atoms with van der Waals surface area (Å²) in [6, 6.07) is 1.93. The van der Waals surface area contributed by atoms with Gasteiger partial charge in [0.15, 0.2) is 0 Å². The van der Waals surface area contributed by atoms with Crippen LogP contribution in [0.3, 0.4) is 0 Å². The Balaban J connectivity index is 2.73. The number of nitrogens with two attached hydrogens (primary N) is 1. The van der Waals surface area contributed by atoms with Crippen molar-refractivity contribution in [1.29, 1.82) is 0 Å². The summed E-state index contributed by atoms with van der Waals surface area (Å²) in [6.45, 7) is 6.37. The standard InChI is InChI=1S/C10H16N2OS2/c1-6(2)14-5-8-4-9(10(13)12-11)15-7(8)3/h4,6H,5,11H2,1-3H3,(H,12,13). The van der Waals surface area contributed by atoms with Gasteiger partial charge in [0.2, 0.25) is 0 Å². The highest BCUT2D eigenvalue weighted by Crippen LogP contribution is 2.26. The van der Waals surface area contributed by atoms with Gasteiger partial charge in [-0.25, -0.2) is 5.84 Å². The fraction of sp³-hybridized carbons (Fsp3) is 0.500. The van der Waals surface area contributed by atoms with Crippen molar-refractivity contribution < 1.29 is 4.79 Å². The maximum Gasteiger partial charge on any atom is 0.275 e. The predicted molar refractivity (Wildman–Crippen MR) is 67.1 cm³/mol. The Labute approximate surface area is 98.4 Å². The molecular formula is C10H16N2OS2. The molecule has 0 saturated carbocycles. The summed E-state index contributed by atoms with van der Waals surface area (Å²) in [6.07, 6.45) is 0. The van der Waals surface area contributed by atoms with E-state index in [9.17, 15) is 4.79 Å². The third-order valence-corrected chi connectivity index (χ3v) is 4.18. The molecule has 0 aliphatic carbocycles. The highest BCUT2D eigenvalue weighted by Gasteiger charge is 2.11. The first-order chi connectivity index (χ1) is 7.04. The van der Waals surface area contributed by atoms with Crippen LogP contribution in [-0.2, 0) is 5.75 Å². The fourth-order valence-electron chi connectivity index (χ4n) is 1.10. The van der Waals surface area contributed by atoms with Crippen molar-refractivity contribution >= 4 is 29.0 Å². The molecule has 1 rings (SSSR count). The molecule has 0 spiro atoms. The summed E-state index contributed by atoms with van der Waals surface area (Å²) < 4.78 is 0. The first-order valence-corrected chi connectivity index (χ1v) is 6.63. The van der Waals surface area contributed by atoms with Gasteiger partial charge in [0.05, 0.1) is 4.88 Å². The van der Waals surface area contributed by atoms with Crippen LogP contribution < -0.4 is 11.3 Å². The molecule has 3 nitrogen and oxygen atoms in total. The second kappa shape index (κ2) is 5.53. The average Bonchev–Trinajstić information content (AvgIpc) is 2.55. The monoisotopic (exact) mass is 244 g/mol. The summed E-state index contributed by atoms with van der Waals surface area (Å²) >= 11 is 3.37. The topological polar surface area (TPSA) is 55.1 Å². The molecule has 84 valence electrons. The van der Waals surface area contributed by atoms with E-state index in [0.29, 0.717) is 10.1 Å². The van der Waals surface area contributed by atoms with E-state index in [4.69, 9.17) is 5.84 Å². The number of amides is 1. The van der Waals surface area contributed by atoms with Crippen molar-refractivity contribution in [3.8, 4) is 0 Å². The normalized spacial score (nSPS) is 10.7. The smallest absolute Gasteiger partial charge is 0.275 e. The highest BCUT2D eigenvalue weighted by atomic mass is 32.2. The Morgan fingerprint density at radius 2 is 2.33 bits per heavy atom. The molecule has 5 heteroatoms. The maximum atomic E-state index is 11.3. The van der Waals surface area contributed by atoms with Gasteiger partial charge < -0.3 is 0 Å². The lowest BCUT2D eigenvalue weighted by molar-refractivity contribution is 0.0957. The zero-order valence-corrected chi connectivity index (χ0v) is 10.8. The lowest BCUT2D eigenvalue weighted by Crippen LogP contribution is -2.29. The molecule has 0 aliphatic rings. The largest absolute Gasteiger partial charge is 0.289 e. The van der Waals surface area contributed by atoms with Gasteiger partial charge in [-0.2, -0.15) is 11.8 Å². The number of hydrogen-bond acceptors (Lipinski definition) is 4. The number of nitrogens with one attached hydrogen (secondary N) is 1. The van der Waals surface area contributed by atoms with Crippen LogP contribution in [0.25, 0.3) is 0 Å². The van der Waals surface area contributed by atoms with Crippen molar-refractivity contribution in [3.63, 3.8) is 0 Å². The van der Waals surface area contributed by atoms with Crippen LogP contribution in [0.5, 0.6) is 0 Å². The molecule has 1 aromatic heterocycles. The third-order valence-electron chi connectivity index (χ3n) is 1.95. The Hall–Kier alpha value is -0.520. The van der Waals surface area contributed by atoms with Crippen molar-refractivity contribution in [2.75, 3.05) is 0 Å². The van der Waals surface area contributed by atoms with Gasteiger partial charge >= 0.3 is 0 Å². The summed E-state index contributed by atoms with van der Waals surface area (Å²) in [7, 11) is 0. The number of carbonyl (C=O) groups is 1. The van der Waals surface area contributed by atoms with Crippen LogP contribution in [0.15, 0.2) is 6.07 Å². The second-order valence-electron chi connectivity index (χ2n) is 3.53. The minimum Gasteiger partial charge on any atom is -0.289 e. The predicted octanol–water partition coefficient (Wildman–Crippen LogP) is 2.30. The molecule has 0 aliphatic heterocycles. The lowest BCUT2D eigenvalue weighted by atomic mass is 10.3.